The average Bonchev–Trinajstić information content (AvgIpc) is 2.93. The summed E-state index contributed by atoms with van der Waals surface area (Å²) in [6, 6.07) is 12.5. The molecule has 2 aromatic rings. The summed E-state index contributed by atoms with van der Waals surface area (Å²) >= 11 is 5.82. The molecule has 4 nitrogen and oxygen atoms in total. The molecule has 1 aromatic heterocycles. The Hall–Kier alpha value is -2.51. The van der Waals surface area contributed by atoms with Crippen LogP contribution in [0.25, 0.3) is 17.4 Å². The maximum absolute atomic E-state index is 11.4. The van der Waals surface area contributed by atoms with Gasteiger partial charge >= 0.3 is 0 Å². The third-order valence-electron chi connectivity index (χ3n) is 2.63. The predicted octanol–water partition coefficient (Wildman–Crippen LogP) is 3.25. The van der Waals surface area contributed by atoms with Crippen LogP contribution in [0.1, 0.15) is 5.76 Å². The SMILES string of the molecule is CNC(=O)/C(C#N)=C/c1ccc(-c2ccc(Cl)cc2)o1. The second kappa shape index (κ2) is 6.09. The lowest BCUT2D eigenvalue weighted by molar-refractivity contribution is -0.116. The van der Waals surface area contributed by atoms with Crippen LogP contribution in [-0.4, -0.2) is 13.0 Å². The number of amides is 1. The van der Waals surface area contributed by atoms with Gasteiger partial charge in [-0.25, -0.2) is 0 Å². The van der Waals surface area contributed by atoms with Crippen molar-refractivity contribution in [3.05, 3.63) is 52.8 Å². The third-order valence-corrected chi connectivity index (χ3v) is 2.89. The summed E-state index contributed by atoms with van der Waals surface area (Å²) in [7, 11) is 1.47. The van der Waals surface area contributed by atoms with E-state index in [1.165, 1.54) is 13.1 Å². The number of halogens is 1. The maximum Gasteiger partial charge on any atom is 0.261 e. The molecular weight excluding hydrogens is 276 g/mol. The zero-order chi connectivity index (χ0) is 14.5. The summed E-state index contributed by atoms with van der Waals surface area (Å²) in [6.07, 6.45) is 1.40. The third kappa shape index (κ3) is 3.08. The summed E-state index contributed by atoms with van der Waals surface area (Å²) in [5, 5.41) is 11.9. The van der Waals surface area contributed by atoms with Gasteiger partial charge in [0.25, 0.3) is 5.91 Å². The Labute approximate surface area is 121 Å². The highest BCUT2D eigenvalue weighted by Gasteiger charge is 2.09. The molecule has 0 saturated heterocycles. The van der Waals surface area contributed by atoms with Crippen molar-refractivity contribution < 1.29 is 9.21 Å². The lowest BCUT2D eigenvalue weighted by Gasteiger charge is -1.97. The largest absolute Gasteiger partial charge is 0.457 e. The predicted molar refractivity (Wildman–Crippen MR) is 76.8 cm³/mol. The molecule has 0 atom stereocenters. The molecule has 0 radical (unpaired) electrons. The number of carbonyl (C=O) groups is 1. The zero-order valence-electron chi connectivity index (χ0n) is 10.7. The van der Waals surface area contributed by atoms with Crippen molar-refractivity contribution in [1.82, 2.24) is 5.32 Å². The highest BCUT2D eigenvalue weighted by atomic mass is 35.5. The van der Waals surface area contributed by atoms with Crippen LogP contribution in [0.5, 0.6) is 0 Å². The summed E-state index contributed by atoms with van der Waals surface area (Å²) in [5.41, 5.74) is 0.858. The Balaban J connectivity index is 2.29. The summed E-state index contributed by atoms with van der Waals surface area (Å²) in [5.74, 6) is 0.633. The molecular formula is C15H11ClN2O2. The standard InChI is InChI=1S/C15H11ClN2O2/c1-18-15(19)11(9-17)8-13-6-7-14(20-13)10-2-4-12(16)5-3-10/h2-8H,1H3,(H,18,19)/b11-8+. The van der Waals surface area contributed by atoms with Crippen LogP contribution < -0.4 is 5.32 Å². The van der Waals surface area contributed by atoms with Gasteiger partial charge in [-0.1, -0.05) is 11.6 Å². The Kier molecular flexibility index (Phi) is 4.24. The van der Waals surface area contributed by atoms with Gasteiger partial charge in [-0.05, 0) is 36.4 Å². The van der Waals surface area contributed by atoms with Crippen molar-refractivity contribution in [3.8, 4) is 17.4 Å². The van der Waals surface area contributed by atoms with E-state index in [0.717, 1.165) is 5.56 Å². The highest BCUT2D eigenvalue weighted by Crippen LogP contribution is 2.24. The molecule has 100 valence electrons. The molecule has 0 saturated carbocycles. The van der Waals surface area contributed by atoms with Crippen molar-refractivity contribution in [3.63, 3.8) is 0 Å². The van der Waals surface area contributed by atoms with Gasteiger partial charge in [-0.15, -0.1) is 0 Å². The molecule has 20 heavy (non-hydrogen) atoms. The fraction of sp³-hybridized carbons (Fsp3) is 0.0667. The number of nitrogens with zero attached hydrogens (tertiary/aromatic N) is 1. The minimum Gasteiger partial charge on any atom is -0.457 e. The van der Waals surface area contributed by atoms with Gasteiger partial charge < -0.3 is 9.73 Å². The number of benzene rings is 1. The molecule has 1 N–H and O–H groups in total. The molecule has 0 bridgehead atoms. The number of nitriles is 1. The van der Waals surface area contributed by atoms with Crippen molar-refractivity contribution in [2.75, 3.05) is 7.05 Å². The number of hydrogen-bond donors (Lipinski definition) is 1. The van der Waals surface area contributed by atoms with Crippen LogP contribution in [-0.2, 0) is 4.79 Å². The number of likely N-dealkylation sites (N-methyl/N-ethyl adjacent to an activating group) is 1. The number of rotatable bonds is 3. The van der Waals surface area contributed by atoms with E-state index in [0.29, 0.717) is 16.5 Å². The van der Waals surface area contributed by atoms with Crippen molar-refractivity contribution in [2.24, 2.45) is 0 Å². The molecule has 0 fully saturated rings. The smallest absolute Gasteiger partial charge is 0.261 e. The molecule has 0 aliphatic carbocycles. The fourth-order valence-corrected chi connectivity index (χ4v) is 1.75. The minimum absolute atomic E-state index is 0.00972. The van der Waals surface area contributed by atoms with Crippen molar-refractivity contribution >= 4 is 23.6 Å². The summed E-state index contributed by atoms with van der Waals surface area (Å²) in [4.78, 5) is 11.4. The quantitative estimate of drug-likeness (QED) is 0.696. The summed E-state index contributed by atoms with van der Waals surface area (Å²) < 4.78 is 5.59. The Morgan fingerprint density at radius 1 is 1.30 bits per heavy atom. The van der Waals surface area contributed by atoms with Gasteiger partial charge in [0.05, 0.1) is 0 Å². The molecule has 2 rings (SSSR count). The van der Waals surface area contributed by atoms with Crippen LogP contribution in [0.2, 0.25) is 5.02 Å². The first-order valence-corrected chi connectivity index (χ1v) is 6.21. The lowest BCUT2D eigenvalue weighted by atomic mass is 10.2. The van der Waals surface area contributed by atoms with Crippen LogP contribution in [0.15, 0.2) is 46.4 Å². The van der Waals surface area contributed by atoms with Gasteiger partial charge in [0.2, 0.25) is 0 Å². The molecule has 1 amide bonds. The lowest BCUT2D eigenvalue weighted by Crippen LogP contribution is -2.18. The van der Waals surface area contributed by atoms with E-state index in [9.17, 15) is 4.79 Å². The first-order chi connectivity index (χ1) is 9.63. The van der Waals surface area contributed by atoms with Crippen molar-refractivity contribution in [1.29, 1.82) is 5.26 Å². The molecule has 0 unspecified atom stereocenters. The topological polar surface area (TPSA) is 66.0 Å². The van der Waals surface area contributed by atoms with Gasteiger partial charge in [0.15, 0.2) is 0 Å². The second-order valence-electron chi connectivity index (χ2n) is 3.96. The first-order valence-electron chi connectivity index (χ1n) is 5.83. The van der Waals surface area contributed by atoms with Crippen molar-refractivity contribution in [2.45, 2.75) is 0 Å². The molecule has 1 aromatic carbocycles. The van der Waals surface area contributed by atoms with Crippen LogP contribution >= 0.6 is 11.6 Å². The minimum atomic E-state index is -0.447. The molecule has 0 spiro atoms. The van der Waals surface area contributed by atoms with Crippen LogP contribution in [0.3, 0.4) is 0 Å². The monoisotopic (exact) mass is 286 g/mol. The van der Waals surface area contributed by atoms with E-state index in [4.69, 9.17) is 21.3 Å². The van der Waals surface area contributed by atoms with E-state index < -0.39 is 5.91 Å². The molecule has 0 aliphatic heterocycles. The Morgan fingerprint density at radius 2 is 2.00 bits per heavy atom. The number of carbonyl (C=O) groups excluding carboxylic acids is 1. The number of furan rings is 1. The highest BCUT2D eigenvalue weighted by molar-refractivity contribution is 6.30. The number of hydrogen-bond acceptors (Lipinski definition) is 3. The molecule has 1 heterocycles. The van der Waals surface area contributed by atoms with Gasteiger partial charge in [0.1, 0.15) is 23.2 Å². The fourth-order valence-electron chi connectivity index (χ4n) is 1.63. The van der Waals surface area contributed by atoms with E-state index in [-0.39, 0.29) is 5.57 Å². The van der Waals surface area contributed by atoms with E-state index in [1.807, 2.05) is 18.2 Å². The van der Waals surface area contributed by atoms with Crippen LogP contribution in [0.4, 0.5) is 0 Å². The van der Waals surface area contributed by atoms with Crippen LogP contribution in [0, 0.1) is 11.3 Å². The van der Waals surface area contributed by atoms with E-state index in [2.05, 4.69) is 5.32 Å². The van der Waals surface area contributed by atoms with Gasteiger partial charge in [-0.3, -0.25) is 4.79 Å². The van der Waals surface area contributed by atoms with E-state index >= 15 is 0 Å². The normalized spacial score (nSPS) is 10.9. The molecule has 0 aliphatic rings. The summed E-state index contributed by atoms with van der Waals surface area (Å²) in [6.45, 7) is 0. The first kappa shape index (κ1) is 13.9. The Bertz CT molecular complexity index is 693. The number of nitrogens with one attached hydrogen (secondary N) is 1. The Morgan fingerprint density at radius 3 is 2.60 bits per heavy atom. The maximum atomic E-state index is 11.4. The second-order valence-corrected chi connectivity index (χ2v) is 4.39. The van der Waals surface area contributed by atoms with E-state index in [1.54, 1.807) is 24.3 Å². The van der Waals surface area contributed by atoms with Gasteiger partial charge in [0, 0.05) is 23.7 Å². The zero-order valence-corrected chi connectivity index (χ0v) is 11.4. The average molecular weight is 287 g/mol. The van der Waals surface area contributed by atoms with Gasteiger partial charge in [-0.2, -0.15) is 5.26 Å². The molecule has 5 heteroatoms.